The number of carbonyl (C=O) groups is 3. The lowest BCUT2D eigenvalue weighted by Crippen LogP contribution is -2.57. The first kappa shape index (κ1) is 25.4. The van der Waals surface area contributed by atoms with Crippen molar-refractivity contribution in [3.8, 4) is 0 Å². The Balaban J connectivity index is 2.18. The molecule has 1 aromatic carbocycles. The maximum atomic E-state index is 13.5. The van der Waals surface area contributed by atoms with E-state index in [9.17, 15) is 19.5 Å². The van der Waals surface area contributed by atoms with Crippen molar-refractivity contribution in [3.63, 3.8) is 0 Å². The molecule has 1 aromatic rings. The third kappa shape index (κ3) is 6.82. The van der Waals surface area contributed by atoms with Crippen molar-refractivity contribution in [3.05, 3.63) is 48.6 Å². The number of aliphatic hydroxyl groups is 1. The Morgan fingerprint density at radius 3 is 2.41 bits per heavy atom. The summed E-state index contributed by atoms with van der Waals surface area (Å²) >= 11 is 0. The number of esters is 1. The molecule has 2 rings (SSSR count). The molecule has 0 saturated carbocycles. The van der Waals surface area contributed by atoms with Crippen molar-refractivity contribution in [2.45, 2.75) is 71.4 Å². The zero-order chi connectivity index (χ0) is 24.1. The highest BCUT2D eigenvalue weighted by Crippen LogP contribution is 2.28. The fourth-order valence-electron chi connectivity index (χ4n) is 3.38. The van der Waals surface area contributed by atoms with Crippen LogP contribution in [0.5, 0.6) is 0 Å². The van der Waals surface area contributed by atoms with Gasteiger partial charge in [0.05, 0.1) is 6.10 Å². The molecule has 0 aromatic heterocycles. The minimum atomic E-state index is -1.05. The highest BCUT2D eigenvalue weighted by molar-refractivity contribution is 5.91. The summed E-state index contributed by atoms with van der Waals surface area (Å²) in [4.78, 5) is 39.9. The van der Waals surface area contributed by atoms with Crippen molar-refractivity contribution in [2.24, 2.45) is 5.41 Å². The Kier molecular flexibility index (Phi) is 8.07. The first-order chi connectivity index (χ1) is 14.8. The van der Waals surface area contributed by atoms with E-state index >= 15 is 0 Å². The summed E-state index contributed by atoms with van der Waals surface area (Å²) in [7, 11) is 0. The third-order valence-electron chi connectivity index (χ3n) is 5.24. The van der Waals surface area contributed by atoms with E-state index in [1.165, 1.54) is 4.90 Å². The zero-order valence-electron chi connectivity index (χ0n) is 19.5. The van der Waals surface area contributed by atoms with Crippen LogP contribution in [0.4, 0.5) is 4.79 Å². The standard InChI is InChI=1S/C24H34N2O6/c1-7-24(5,6)19(25-22(30)32-23(2,3)4)20(28)26-14-17(27)13-18(26)21(29)31-15-16-11-9-8-10-12-16/h7-12,17-19,27H,1,13-15H2,2-6H3,(H,25,30)/t17-,18+,19-/m1/s1. The second-order valence-electron chi connectivity index (χ2n) is 9.59. The minimum absolute atomic E-state index is 0.0380. The number of benzene rings is 1. The van der Waals surface area contributed by atoms with E-state index < -0.39 is 47.2 Å². The number of nitrogens with one attached hydrogen (secondary N) is 1. The molecule has 0 bridgehead atoms. The largest absolute Gasteiger partial charge is 0.459 e. The van der Waals surface area contributed by atoms with Gasteiger partial charge in [-0.1, -0.05) is 50.3 Å². The Morgan fingerprint density at radius 1 is 1.22 bits per heavy atom. The SMILES string of the molecule is C=CC(C)(C)[C@H](NC(=O)OC(C)(C)C)C(=O)N1C[C@H](O)C[C@H]1C(=O)OCc1ccccc1. The quantitative estimate of drug-likeness (QED) is 0.493. The second-order valence-corrected chi connectivity index (χ2v) is 9.59. The van der Waals surface area contributed by atoms with Crippen LogP contribution in [0.1, 0.15) is 46.6 Å². The van der Waals surface area contributed by atoms with Crippen molar-refractivity contribution >= 4 is 18.0 Å². The monoisotopic (exact) mass is 446 g/mol. The highest BCUT2D eigenvalue weighted by Gasteiger charge is 2.46. The second kappa shape index (κ2) is 10.2. The topological polar surface area (TPSA) is 105 Å². The van der Waals surface area contributed by atoms with Crippen LogP contribution in [-0.4, -0.2) is 58.3 Å². The number of hydrogen-bond donors (Lipinski definition) is 2. The summed E-state index contributed by atoms with van der Waals surface area (Å²) < 4.78 is 10.7. The molecule has 8 nitrogen and oxygen atoms in total. The van der Waals surface area contributed by atoms with Crippen molar-refractivity contribution in [2.75, 3.05) is 6.54 Å². The summed E-state index contributed by atoms with van der Waals surface area (Å²) in [6.45, 7) is 12.4. The number of ether oxygens (including phenoxy) is 2. The number of alkyl carbamates (subject to hydrolysis) is 1. The molecular weight excluding hydrogens is 412 g/mol. The third-order valence-corrected chi connectivity index (χ3v) is 5.24. The zero-order valence-corrected chi connectivity index (χ0v) is 19.5. The average Bonchev–Trinajstić information content (AvgIpc) is 3.11. The number of aliphatic hydroxyl groups excluding tert-OH is 1. The number of hydrogen-bond acceptors (Lipinski definition) is 6. The lowest BCUT2D eigenvalue weighted by Gasteiger charge is -2.35. The van der Waals surface area contributed by atoms with Crippen LogP contribution in [0.15, 0.2) is 43.0 Å². The van der Waals surface area contributed by atoms with Gasteiger partial charge in [-0.25, -0.2) is 9.59 Å². The molecule has 0 aliphatic carbocycles. The Hall–Kier alpha value is -2.87. The number of likely N-dealkylation sites (tertiary alicyclic amines) is 1. The average molecular weight is 447 g/mol. The van der Waals surface area contributed by atoms with Crippen LogP contribution in [0.25, 0.3) is 0 Å². The molecule has 8 heteroatoms. The van der Waals surface area contributed by atoms with Crippen LogP contribution < -0.4 is 5.32 Å². The van der Waals surface area contributed by atoms with Crippen LogP contribution >= 0.6 is 0 Å². The fourth-order valence-corrected chi connectivity index (χ4v) is 3.38. The smallest absolute Gasteiger partial charge is 0.408 e. The van der Waals surface area contributed by atoms with E-state index in [1.807, 2.05) is 30.3 Å². The molecule has 1 saturated heterocycles. The van der Waals surface area contributed by atoms with E-state index in [4.69, 9.17) is 9.47 Å². The van der Waals surface area contributed by atoms with Crippen molar-refractivity contribution in [1.82, 2.24) is 10.2 Å². The predicted molar refractivity (Wildman–Crippen MR) is 119 cm³/mol. The molecule has 1 aliphatic rings. The molecule has 2 N–H and O–H groups in total. The number of carbonyl (C=O) groups excluding carboxylic acids is 3. The van der Waals surface area contributed by atoms with E-state index in [2.05, 4.69) is 11.9 Å². The summed E-state index contributed by atoms with van der Waals surface area (Å²) in [6.07, 6.45) is -0.00849. The fraction of sp³-hybridized carbons (Fsp3) is 0.542. The van der Waals surface area contributed by atoms with E-state index in [0.717, 1.165) is 5.56 Å². The number of nitrogens with zero attached hydrogens (tertiary/aromatic N) is 1. The van der Waals surface area contributed by atoms with Gasteiger partial charge in [-0.3, -0.25) is 4.79 Å². The van der Waals surface area contributed by atoms with Crippen molar-refractivity contribution < 1.29 is 29.0 Å². The van der Waals surface area contributed by atoms with Crippen LogP contribution in [0.3, 0.4) is 0 Å². The first-order valence-electron chi connectivity index (χ1n) is 10.7. The maximum Gasteiger partial charge on any atom is 0.408 e. The van der Waals surface area contributed by atoms with Crippen molar-refractivity contribution in [1.29, 1.82) is 0 Å². The molecule has 32 heavy (non-hydrogen) atoms. The molecule has 0 radical (unpaired) electrons. The molecule has 176 valence electrons. The first-order valence-corrected chi connectivity index (χ1v) is 10.7. The van der Waals surface area contributed by atoms with Gasteiger partial charge in [-0.05, 0) is 26.3 Å². The lowest BCUT2D eigenvalue weighted by molar-refractivity contribution is -0.155. The van der Waals surface area contributed by atoms with Gasteiger partial charge < -0.3 is 24.8 Å². The number of β-amino-alcohol motifs (C(OH)–C–C–N with tert-alkyl or cyclic N) is 1. The van der Waals surface area contributed by atoms with E-state index in [1.54, 1.807) is 40.7 Å². The Bertz CT molecular complexity index is 831. The lowest BCUT2D eigenvalue weighted by atomic mass is 9.83. The molecule has 3 atom stereocenters. The minimum Gasteiger partial charge on any atom is -0.459 e. The summed E-state index contributed by atoms with van der Waals surface area (Å²) in [5.74, 6) is -1.12. The van der Waals surface area contributed by atoms with Gasteiger partial charge in [0, 0.05) is 18.4 Å². The van der Waals surface area contributed by atoms with Gasteiger partial charge in [0.2, 0.25) is 5.91 Å². The van der Waals surface area contributed by atoms with Crippen LogP contribution in [0, 0.1) is 5.41 Å². The van der Waals surface area contributed by atoms with Gasteiger partial charge in [0.1, 0.15) is 24.3 Å². The molecule has 1 aliphatic heterocycles. The maximum absolute atomic E-state index is 13.5. The molecule has 2 amide bonds. The Morgan fingerprint density at radius 2 is 1.84 bits per heavy atom. The van der Waals surface area contributed by atoms with Gasteiger partial charge in [0.15, 0.2) is 0 Å². The van der Waals surface area contributed by atoms with Gasteiger partial charge >= 0.3 is 12.1 Å². The van der Waals surface area contributed by atoms with Crippen LogP contribution in [-0.2, 0) is 25.7 Å². The normalized spacial score (nSPS) is 19.8. The Labute approximate surface area is 189 Å². The molecule has 1 fully saturated rings. The summed E-state index contributed by atoms with van der Waals surface area (Å²) in [5.41, 5.74) is -0.779. The summed E-state index contributed by atoms with van der Waals surface area (Å²) in [5, 5.41) is 12.8. The van der Waals surface area contributed by atoms with Gasteiger partial charge in [0.25, 0.3) is 0 Å². The molecule has 0 unspecified atom stereocenters. The summed E-state index contributed by atoms with van der Waals surface area (Å²) in [6, 6.07) is 7.18. The number of rotatable bonds is 7. The molecular formula is C24H34N2O6. The molecule has 1 heterocycles. The van der Waals surface area contributed by atoms with Crippen LogP contribution in [0.2, 0.25) is 0 Å². The molecule has 0 spiro atoms. The van der Waals surface area contributed by atoms with Gasteiger partial charge in [-0.15, -0.1) is 6.58 Å². The number of amides is 2. The predicted octanol–water partition coefficient (Wildman–Crippen LogP) is 2.80. The van der Waals surface area contributed by atoms with E-state index in [0.29, 0.717) is 0 Å². The van der Waals surface area contributed by atoms with E-state index in [-0.39, 0.29) is 19.6 Å². The van der Waals surface area contributed by atoms with Gasteiger partial charge in [-0.2, -0.15) is 0 Å². The highest BCUT2D eigenvalue weighted by atomic mass is 16.6.